The summed E-state index contributed by atoms with van der Waals surface area (Å²) in [6.45, 7) is 5.89. The summed E-state index contributed by atoms with van der Waals surface area (Å²) in [6, 6.07) is 0.200. The Balaban J connectivity index is 2.27. The summed E-state index contributed by atoms with van der Waals surface area (Å²) < 4.78 is 6.14. The maximum Gasteiger partial charge on any atom is 0.115 e. The first kappa shape index (κ1) is 13.4. The molecule has 0 amide bonds. The van der Waals surface area contributed by atoms with E-state index in [2.05, 4.69) is 29.1 Å². The molecule has 4 heteroatoms. The van der Waals surface area contributed by atoms with E-state index >= 15 is 0 Å². The van der Waals surface area contributed by atoms with E-state index in [-0.39, 0.29) is 11.6 Å². The molecule has 0 saturated heterocycles. The van der Waals surface area contributed by atoms with Crippen LogP contribution in [0.1, 0.15) is 51.1 Å². The molecule has 18 heavy (non-hydrogen) atoms. The number of nitrogens with one attached hydrogen (secondary N) is 1. The van der Waals surface area contributed by atoms with Gasteiger partial charge in [-0.3, -0.25) is 0 Å². The highest BCUT2D eigenvalue weighted by molar-refractivity contribution is 5.16. The third-order valence-corrected chi connectivity index (χ3v) is 3.73. The predicted octanol–water partition coefficient (Wildman–Crippen LogP) is 2.48. The molecule has 1 aromatic heterocycles. The van der Waals surface area contributed by atoms with Crippen LogP contribution in [0.3, 0.4) is 0 Å². The van der Waals surface area contributed by atoms with Crippen molar-refractivity contribution in [3.63, 3.8) is 0 Å². The van der Waals surface area contributed by atoms with Crippen LogP contribution < -0.4 is 5.32 Å². The number of nitrogens with zero attached hydrogens (tertiary/aromatic N) is 2. The van der Waals surface area contributed by atoms with Gasteiger partial charge in [0.2, 0.25) is 0 Å². The highest BCUT2D eigenvalue weighted by Gasteiger charge is 2.42. The molecule has 1 unspecified atom stereocenters. The molecule has 100 valence electrons. The standard InChI is InChI=1S/C14H23N3O/c1-3-17-13(12-9-15-11-16-10-12)14(18-4-2)7-5-6-8-14/h9-11,13,17H,3-8H2,1-2H3. The van der Waals surface area contributed by atoms with Crippen molar-refractivity contribution < 1.29 is 4.74 Å². The molecule has 0 radical (unpaired) electrons. The zero-order chi connectivity index (χ0) is 12.8. The molecule has 1 fully saturated rings. The van der Waals surface area contributed by atoms with Crippen LogP contribution in [0.4, 0.5) is 0 Å². The fourth-order valence-electron chi connectivity index (χ4n) is 3.05. The lowest BCUT2D eigenvalue weighted by Crippen LogP contribution is -2.44. The van der Waals surface area contributed by atoms with Gasteiger partial charge in [0.15, 0.2) is 0 Å². The smallest absolute Gasteiger partial charge is 0.115 e. The number of likely N-dealkylation sites (N-methyl/N-ethyl adjacent to an activating group) is 1. The van der Waals surface area contributed by atoms with Gasteiger partial charge in [-0.1, -0.05) is 19.8 Å². The average molecular weight is 249 g/mol. The van der Waals surface area contributed by atoms with Crippen LogP contribution in [0.15, 0.2) is 18.7 Å². The topological polar surface area (TPSA) is 47.0 Å². The van der Waals surface area contributed by atoms with Crippen molar-refractivity contribution in [2.24, 2.45) is 0 Å². The number of aromatic nitrogens is 2. The molecule has 1 N–H and O–H groups in total. The molecular formula is C14H23N3O. The van der Waals surface area contributed by atoms with Gasteiger partial charge in [-0.2, -0.15) is 0 Å². The van der Waals surface area contributed by atoms with Crippen molar-refractivity contribution in [3.8, 4) is 0 Å². The Kier molecular flexibility index (Phi) is 4.66. The number of rotatable bonds is 6. The number of hydrogen-bond donors (Lipinski definition) is 1. The van der Waals surface area contributed by atoms with Crippen molar-refractivity contribution in [3.05, 3.63) is 24.3 Å². The summed E-state index contributed by atoms with van der Waals surface area (Å²) in [5, 5.41) is 3.56. The number of hydrogen-bond acceptors (Lipinski definition) is 4. The Labute approximate surface area is 109 Å². The summed E-state index contributed by atoms with van der Waals surface area (Å²) in [5.41, 5.74) is 1.06. The molecule has 0 bridgehead atoms. The third kappa shape index (κ3) is 2.70. The van der Waals surface area contributed by atoms with Gasteiger partial charge in [0.05, 0.1) is 11.6 Å². The van der Waals surface area contributed by atoms with Crippen molar-refractivity contribution in [1.82, 2.24) is 15.3 Å². The maximum absolute atomic E-state index is 6.14. The second-order valence-electron chi connectivity index (χ2n) is 4.87. The van der Waals surface area contributed by atoms with Gasteiger partial charge in [0.25, 0.3) is 0 Å². The minimum absolute atomic E-state index is 0.0739. The van der Waals surface area contributed by atoms with Gasteiger partial charge in [0, 0.05) is 24.6 Å². The molecule has 1 aliphatic rings. The third-order valence-electron chi connectivity index (χ3n) is 3.73. The van der Waals surface area contributed by atoms with Gasteiger partial charge in [-0.15, -0.1) is 0 Å². The predicted molar refractivity (Wildman–Crippen MR) is 71.3 cm³/mol. The molecule has 1 heterocycles. The quantitative estimate of drug-likeness (QED) is 0.841. The van der Waals surface area contributed by atoms with E-state index in [1.807, 2.05) is 12.4 Å². The van der Waals surface area contributed by atoms with Crippen LogP contribution in [0.25, 0.3) is 0 Å². The second-order valence-corrected chi connectivity index (χ2v) is 4.87. The SMILES string of the molecule is CCNC(c1cncnc1)C1(OCC)CCCC1. The Morgan fingerprint density at radius 2 is 1.94 bits per heavy atom. The van der Waals surface area contributed by atoms with Crippen LogP contribution in [0.2, 0.25) is 0 Å². The molecule has 4 nitrogen and oxygen atoms in total. The Bertz CT molecular complexity index is 349. The van der Waals surface area contributed by atoms with Gasteiger partial charge < -0.3 is 10.1 Å². The highest BCUT2D eigenvalue weighted by atomic mass is 16.5. The summed E-state index contributed by atoms with van der Waals surface area (Å²) in [6.07, 6.45) is 10.1. The molecular weight excluding hydrogens is 226 g/mol. The summed E-state index contributed by atoms with van der Waals surface area (Å²) >= 11 is 0. The molecule has 1 aliphatic carbocycles. The minimum Gasteiger partial charge on any atom is -0.373 e. The lowest BCUT2D eigenvalue weighted by atomic mass is 9.87. The van der Waals surface area contributed by atoms with Gasteiger partial charge in [-0.05, 0) is 26.3 Å². The summed E-state index contributed by atoms with van der Waals surface area (Å²) in [5.74, 6) is 0. The second kappa shape index (κ2) is 6.25. The molecule has 1 atom stereocenters. The van der Waals surface area contributed by atoms with Crippen molar-refractivity contribution in [1.29, 1.82) is 0 Å². The molecule has 0 aliphatic heterocycles. The first-order chi connectivity index (χ1) is 8.82. The highest BCUT2D eigenvalue weighted by Crippen LogP contribution is 2.42. The lowest BCUT2D eigenvalue weighted by Gasteiger charge is -2.37. The lowest BCUT2D eigenvalue weighted by molar-refractivity contribution is -0.0624. The fourth-order valence-corrected chi connectivity index (χ4v) is 3.05. The van der Waals surface area contributed by atoms with Crippen LogP contribution in [-0.2, 0) is 4.74 Å². The van der Waals surface area contributed by atoms with E-state index in [0.29, 0.717) is 0 Å². The van der Waals surface area contributed by atoms with Crippen LogP contribution in [0, 0.1) is 0 Å². The normalized spacial score (nSPS) is 19.9. The Hall–Kier alpha value is -1.00. The van der Waals surface area contributed by atoms with E-state index in [9.17, 15) is 0 Å². The maximum atomic E-state index is 6.14. The minimum atomic E-state index is -0.0739. The van der Waals surface area contributed by atoms with Crippen molar-refractivity contribution in [2.45, 2.75) is 51.2 Å². The van der Waals surface area contributed by atoms with Crippen molar-refractivity contribution >= 4 is 0 Å². The Morgan fingerprint density at radius 3 is 2.50 bits per heavy atom. The zero-order valence-corrected chi connectivity index (χ0v) is 11.4. The van der Waals surface area contributed by atoms with Crippen LogP contribution >= 0.6 is 0 Å². The van der Waals surface area contributed by atoms with Gasteiger partial charge >= 0.3 is 0 Å². The van der Waals surface area contributed by atoms with E-state index in [1.54, 1.807) is 6.33 Å². The first-order valence-electron chi connectivity index (χ1n) is 6.94. The van der Waals surface area contributed by atoms with E-state index in [1.165, 1.54) is 12.8 Å². The first-order valence-corrected chi connectivity index (χ1v) is 6.94. The van der Waals surface area contributed by atoms with E-state index < -0.39 is 0 Å². The van der Waals surface area contributed by atoms with Gasteiger partial charge in [0.1, 0.15) is 6.33 Å². The summed E-state index contributed by atoms with van der Waals surface area (Å²) in [4.78, 5) is 8.29. The fraction of sp³-hybridized carbons (Fsp3) is 0.714. The largest absolute Gasteiger partial charge is 0.373 e. The van der Waals surface area contributed by atoms with E-state index in [0.717, 1.165) is 31.6 Å². The van der Waals surface area contributed by atoms with Crippen LogP contribution in [0.5, 0.6) is 0 Å². The molecule has 0 spiro atoms. The average Bonchev–Trinajstić information content (AvgIpc) is 2.87. The monoisotopic (exact) mass is 249 g/mol. The zero-order valence-electron chi connectivity index (χ0n) is 11.4. The Morgan fingerprint density at radius 1 is 1.28 bits per heavy atom. The van der Waals surface area contributed by atoms with E-state index in [4.69, 9.17) is 4.74 Å². The molecule has 2 rings (SSSR count). The van der Waals surface area contributed by atoms with Crippen molar-refractivity contribution in [2.75, 3.05) is 13.2 Å². The summed E-state index contributed by atoms with van der Waals surface area (Å²) in [7, 11) is 0. The molecule has 1 saturated carbocycles. The molecule has 0 aromatic carbocycles. The molecule has 1 aromatic rings. The van der Waals surface area contributed by atoms with Gasteiger partial charge in [-0.25, -0.2) is 9.97 Å². The number of ether oxygens (including phenoxy) is 1. The van der Waals surface area contributed by atoms with Crippen LogP contribution in [-0.4, -0.2) is 28.7 Å².